The van der Waals surface area contributed by atoms with Gasteiger partial charge in [0.2, 0.25) is 0 Å². The standard InChI is InChI=1S/C18H23NOS/c1-4-15(16-9-6-10-21-16)19-12-14-8-5-7-13-11-18(2,3)20-17(13)14/h5-10,15,19H,4,11-12H2,1-3H3. The van der Waals surface area contributed by atoms with Crippen molar-refractivity contribution >= 4 is 11.3 Å². The number of hydrogen-bond acceptors (Lipinski definition) is 3. The van der Waals surface area contributed by atoms with Crippen molar-refractivity contribution in [1.29, 1.82) is 0 Å². The summed E-state index contributed by atoms with van der Waals surface area (Å²) in [5, 5.41) is 5.82. The molecule has 3 heteroatoms. The number of hydrogen-bond donors (Lipinski definition) is 1. The fourth-order valence-corrected chi connectivity index (χ4v) is 3.87. The summed E-state index contributed by atoms with van der Waals surface area (Å²) in [6.45, 7) is 7.40. The minimum Gasteiger partial charge on any atom is -0.487 e. The number of ether oxygens (including phenoxy) is 1. The minimum absolute atomic E-state index is 0.0731. The molecular formula is C18H23NOS. The Labute approximate surface area is 131 Å². The molecule has 0 fully saturated rings. The van der Waals surface area contributed by atoms with E-state index in [0.29, 0.717) is 6.04 Å². The van der Waals surface area contributed by atoms with Gasteiger partial charge in [-0.1, -0.05) is 31.2 Å². The maximum atomic E-state index is 6.14. The number of benzene rings is 1. The van der Waals surface area contributed by atoms with Gasteiger partial charge in [0.05, 0.1) is 0 Å². The van der Waals surface area contributed by atoms with Gasteiger partial charge in [-0.15, -0.1) is 11.3 Å². The molecule has 0 spiro atoms. The molecule has 2 aromatic rings. The largest absolute Gasteiger partial charge is 0.487 e. The maximum Gasteiger partial charge on any atom is 0.127 e. The first-order valence-corrected chi connectivity index (χ1v) is 8.53. The van der Waals surface area contributed by atoms with Crippen molar-refractivity contribution < 1.29 is 4.74 Å². The lowest BCUT2D eigenvalue weighted by Crippen LogP contribution is -2.25. The van der Waals surface area contributed by atoms with Gasteiger partial charge in [-0.2, -0.15) is 0 Å². The lowest BCUT2D eigenvalue weighted by atomic mass is 10.0. The van der Waals surface area contributed by atoms with E-state index in [9.17, 15) is 0 Å². The monoisotopic (exact) mass is 301 g/mol. The summed E-state index contributed by atoms with van der Waals surface area (Å²) in [5.74, 6) is 1.09. The van der Waals surface area contributed by atoms with Gasteiger partial charge in [-0.25, -0.2) is 0 Å². The smallest absolute Gasteiger partial charge is 0.127 e. The van der Waals surface area contributed by atoms with Crippen LogP contribution in [0.1, 0.15) is 49.2 Å². The molecule has 0 aliphatic carbocycles. The van der Waals surface area contributed by atoms with Crippen molar-refractivity contribution in [3.8, 4) is 5.75 Å². The lowest BCUT2D eigenvalue weighted by Gasteiger charge is -2.20. The molecule has 21 heavy (non-hydrogen) atoms. The number of para-hydroxylation sites is 1. The van der Waals surface area contributed by atoms with Gasteiger partial charge in [0.15, 0.2) is 0 Å². The SMILES string of the molecule is CCC(NCc1cccc2c1OC(C)(C)C2)c1cccs1. The first-order valence-electron chi connectivity index (χ1n) is 7.65. The molecule has 1 unspecified atom stereocenters. The highest BCUT2D eigenvalue weighted by atomic mass is 32.1. The van der Waals surface area contributed by atoms with Crippen LogP contribution in [0.3, 0.4) is 0 Å². The van der Waals surface area contributed by atoms with Gasteiger partial charge in [0.25, 0.3) is 0 Å². The Hall–Kier alpha value is -1.32. The highest BCUT2D eigenvalue weighted by molar-refractivity contribution is 7.10. The fourth-order valence-electron chi connectivity index (χ4n) is 2.99. The van der Waals surface area contributed by atoms with E-state index in [0.717, 1.165) is 25.1 Å². The van der Waals surface area contributed by atoms with Gasteiger partial charge in [0, 0.05) is 29.4 Å². The van der Waals surface area contributed by atoms with E-state index in [1.807, 2.05) is 11.3 Å². The summed E-state index contributed by atoms with van der Waals surface area (Å²) in [6, 6.07) is 11.3. The third kappa shape index (κ3) is 3.14. The Balaban J connectivity index is 1.74. The highest BCUT2D eigenvalue weighted by Gasteiger charge is 2.31. The number of thiophene rings is 1. The van der Waals surface area contributed by atoms with Gasteiger partial charge < -0.3 is 10.1 Å². The molecule has 0 amide bonds. The van der Waals surface area contributed by atoms with Crippen molar-refractivity contribution in [3.05, 3.63) is 51.7 Å². The van der Waals surface area contributed by atoms with Crippen LogP contribution < -0.4 is 10.1 Å². The second kappa shape index (κ2) is 5.82. The van der Waals surface area contributed by atoms with Crippen molar-refractivity contribution in [2.75, 3.05) is 0 Å². The minimum atomic E-state index is -0.0731. The molecule has 112 valence electrons. The maximum absolute atomic E-state index is 6.14. The Kier molecular flexibility index (Phi) is 4.05. The first-order chi connectivity index (χ1) is 10.1. The third-order valence-electron chi connectivity index (χ3n) is 4.01. The van der Waals surface area contributed by atoms with Crippen molar-refractivity contribution in [3.63, 3.8) is 0 Å². The summed E-state index contributed by atoms with van der Waals surface area (Å²) < 4.78 is 6.14. The van der Waals surface area contributed by atoms with Crippen LogP contribution in [-0.2, 0) is 13.0 Å². The Morgan fingerprint density at radius 2 is 2.14 bits per heavy atom. The molecular weight excluding hydrogens is 278 g/mol. The summed E-state index contributed by atoms with van der Waals surface area (Å²) in [7, 11) is 0. The molecule has 0 saturated heterocycles. The molecule has 2 nitrogen and oxygen atoms in total. The molecule has 1 aliphatic rings. The second-order valence-corrected chi connectivity index (χ2v) is 7.28. The van der Waals surface area contributed by atoms with Crippen LogP contribution in [0.15, 0.2) is 35.7 Å². The van der Waals surface area contributed by atoms with Gasteiger partial charge in [-0.05, 0) is 37.3 Å². The topological polar surface area (TPSA) is 21.3 Å². The summed E-state index contributed by atoms with van der Waals surface area (Å²) in [5.41, 5.74) is 2.53. The summed E-state index contributed by atoms with van der Waals surface area (Å²) >= 11 is 1.82. The van der Waals surface area contributed by atoms with Crippen LogP contribution in [0.5, 0.6) is 5.75 Å². The highest BCUT2D eigenvalue weighted by Crippen LogP contribution is 2.37. The normalized spacial score (nSPS) is 17.3. The van der Waals surface area contributed by atoms with Crippen LogP contribution >= 0.6 is 11.3 Å². The molecule has 1 atom stereocenters. The summed E-state index contributed by atoms with van der Waals surface area (Å²) in [4.78, 5) is 1.41. The first kappa shape index (κ1) is 14.6. The zero-order valence-corrected chi connectivity index (χ0v) is 13.8. The molecule has 0 bridgehead atoms. The van der Waals surface area contributed by atoms with Crippen LogP contribution in [0.25, 0.3) is 0 Å². The quantitative estimate of drug-likeness (QED) is 0.864. The van der Waals surface area contributed by atoms with E-state index in [1.165, 1.54) is 16.0 Å². The molecule has 0 saturated carbocycles. The van der Waals surface area contributed by atoms with E-state index in [4.69, 9.17) is 4.74 Å². The number of nitrogens with one attached hydrogen (secondary N) is 1. The fraction of sp³-hybridized carbons (Fsp3) is 0.444. The second-order valence-electron chi connectivity index (χ2n) is 6.30. The zero-order valence-electron chi connectivity index (χ0n) is 13.0. The van der Waals surface area contributed by atoms with Crippen LogP contribution in [0, 0.1) is 0 Å². The van der Waals surface area contributed by atoms with E-state index >= 15 is 0 Å². The van der Waals surface area contributed by atoms with Crippen LogP contribution in [0.2, 0.25) is 0 Å². The van der Waals surface area contributed by atoms with Crippen molar-refractivity contribution in [2.24, 2.45) is 0 Å². The third-order valence-corrected chi connectivity index (χ3v) is 4.99. The molecule has 1 aromatic heterocycles. The molecule has 1 N–H and O–H groups in total. The Bertz CT molecular complexity index is 604. The number of rotatable bonds is 5. The van der Waals surface area contributed by atoms with Gasteiger partial charge in [-0.3, -0.25) is 0 Å². The average Bonchev–Trinajstić information content (AvgIpc) is 3.05. The molecule has 1 aromatic carbocycles. The van der Waals surface area contributed by atoms with E-state index in [-0.39, 0.29) is 5.60 Å². The Morgan fingerprint density at radius 1 is 1.29 bits per heavy atom. The zero-order chi connectivity index (χ0) is 14.9. The predicted molar refractivity (Wildman–Crippen MR) is 89.0 cm³/mol. The van der Waals surface area contributed by atoms with Crippen molar-refractivity contribution in [1.82, 2.24) is 5.32 Å². The predicted octanol–water partition coefficient (Wildman–Crippen LogP) is 4.70. The van der Waals surface area contributed by atoms with E-state index in [1.54, 1.807) is 0 Å². The van der Waals surface area contributed by atoms with Crippen LogP contribution in [-0.4, -0.2) is 5.60 Å². The lowest BCUT2D eigenvalue weighted by molar-refractivity contribution is 0.137. The van der Waals surface area contributed by atoms with Gasteiger partial charge >= 0.3 is 0 Å². The van der Waals surface area contributed by atoms with Crippen molar-refractivity contribution in [2.45, 2.75) is 51.8 Å². The van der Waals surface area contributed by atoms with E-state index in [2.05, 4.69) is 61.8 Å². The summed E-state index contributed by atoms with van der Waals surface area (Å²) in [6.07, 6.45) is 2.10. The molecule has 3 rings (SSSR count). The molecule has 2 heterocycles. The molecule has 0 radical (unpaired) electrons. The Morgan fingerprint density at radius 3 is 2.86 bits per heavy atom. The molecule has 1 aliphatic heterocycles. The number of fused-ring (bicyclic) bond motifs is 1. The average molecular weight is 301 g/mol. The van der Waals surface area contributed by atoms with Crippen LogP contribution in [0.4, 0.5) is 0 Å². The van der Waals surface area contributed by atoms with E-state index < -0.39 is 0 Å². The van der Waals surface area contributed by atoms with Gasteiger partial charge in [0.1, 0.15) is 11.4 Å².